The Bertz CT molecular complexity index is 258. The van der Waals surface area contributed by atoms with Crippen LogP contribution in [-0.2, 0) is 6.54 Å². The predicted molar refractivity (Wildman–Crippen MR) is 41.7 cm³/mol. The highest BCUT2D eigenvalue weighted by atomic mass is 15.6. The summed E-state index contributed by atoms with van der Waals surface area (Å²) in [5.74, 6) is 0.350. The predicted octanol–water partition coefficient (Wildman–Crippen LogP) is 0.222. The number of nitrogens with two attached hydrogens (primary N) is 1. The Morgan fingerprint density at radius 1 is 1.64 bits per heavy atom. The number of allylic oxidation sites excluding steroid dienone is 2. The van der Waals surface area contributed by atoms with Gasteiger partial charge in [-0.25, -0.2) is 4.68 Å². The van der Waals surface area contributed by atoms with Crippen LogP contribution in [0.15, 0.2) is 11.6 Å². The molecule has 0 aliphatic heterocycles. The number of aromatic nitrogens is 4. The van der Waals surface area contributed by atoms with Crippen LogP contribution in [0.3, 0.4) is 0 Å². The van der Waals surface area contributed by atoms with Gasteiger partial charge in [0.2, 0.25) is 5.95 Å². The minimum Gasteiger partial charge on any atom is -0.367 e. The maximum atomic E-state index is 5.42. The Labute approximate surface area is 64.9 Å². The third-order valence-electron chi connectivity index (χ3n) is 1.23. The van der Waals surface area contributed by atoms with Crippen LogP contribution in [0.25, 0.3) is 0 Å². The first-order chi connectivity index (χ1) is 5.20. The molecule has 1 heterocycles. The van der Waals surface area contributed by atoms with Gasteiger partial charge in [0, 0.05) is 0 Å². The van der Waals surface area contributed by atoms with E-state index in [0.29, 0.717) is 12.5 Å². The minimum absolute atomic E-state index is 0.350. The number of anilines is 1. The standard InChI is InChI=1S/C6H11N5/c1-5(2)3-4-11-6(7)8-9-10-11/h3H,4H2,1-2H3,(H2,7,8,10). The van der Waals surface area contributed by atoms with Crippen molar-refractivity contribution in [3.63, 3.8) is 0 Å². The summed E-state index contributed by atoms with van der Waals surface area (Å²) in [5, 5.41) is 10.6. The summed E-state index contributed by atoms with van der Waals surface area (Å²) in [4.78, 5) is 0. The van der Waals surface area contributed by atoms with Crippen molar-refractivity contribution in [1.82, 2.24) is 20.2 Å². The Hall–Kier alpha value is -1.39. The van der Waals surface area contributed by atoms with Crippen LogP contribution in [0.5, 0.6) is 0 Å². The van der Waals surface area contributed by atoms with Crippen molar-refractivity contribution in [2.75, 3.05) is 5.73 Å². The summed E-state index contributed by atoms with van der Waals surface area (Å²) in [7, 11) is 0. The molecule has 0 saturated carbocycles. The molecule has 0 unspecified atom stereocenters. The molecule has 1 aromatic heterocycles. The van der Waals surface area contributed by atoms with E-state index in [1.807, 2.05) is 19.9 Å². The van der Waals surface area contributed by atoms with Gasteiger partial charge < -0.3 is 5.73 Å². The van der Waals surface area contributed by atoms with Gasteiger partial charge in [0.15, 0.2) is 0 Å². The highest BCUT2D eigenvalue weighted by Crippen LogP contribution is 1.95. The normalized spacial score (nSPS) is 9.64. The fourth-order valence-corrected chi connectivity index (χ4v) is 0.611. The quantitative estimate of drug-likeness (QED) is 0.617. The van der Waals surface area contributed by atoms with Gasteiger partial charge in [-0.2, -0.15) is 0 Å². The van der Waals surface area contributed by atoms with E-state index >= 15 is 0 Å². The van der Waals surface area contributed by atoms with Crippen LogP contribution in [0.4, 0.5) is 5.95 Å². The molecule has 1 rings (SSSR count). The maximum Gasteiger partial charge on any atom is 0.240 e. The van der Waals surface area contributed by atoms with E-state index in [-0.39, 0.29) is 0 Å². The second-order valence-corrected chi connectivity index (χ2v) is 2.50. The molecule has 0 amide bonds. The van der Waals surface area contributed by atoms with Gasteiger partial charge in [-0.1, -0.05) is 16.7 Å². The van der Waals surface area contributed by atoms with Gasteiger partial charge in [-0.15, -0.1) is 0 Å². The zero-order chi connectivity index (χ0) is 8.27. The van der Waals surface area contributed by atoms with Crippen molar-refractivity contribution < 1.29 is 0 Å². The zero-order valence-electron chi connectivity index (χ0n) is 6.65. The topological polar surface area (TPSA) is 69.6 Å². The van der Waals surface area contributed by atoms with Crippen LogP contribution in [0, 0.1) is 0 Å². The molecular weight excluding hydrogens is 142 g/mol. The van der Waals surface area contributed by atoms with Gasteiger partial charge in [0.25, 0.3) is 0 Å². The molecule has 1 aromatic rings. The number of hydrogen-bond acceptors (Lipinski definition) is 4. The van der Waals surface area contributed by atoms with Crippen molar-refractivity contribution >= 4 is 5.95 Å². The number of nitrogens with zero attached hydrogens (tertiary/aromatic N) is 4. The summed E-state index contributed by atoms with van der Waals surface area (Å²) in [5.41, 5.74) is 6.65. The first-order valence-corrected chi connectivity index (χ1v) is 3.35. The van der Waals surface area contributed by atoms with Gasteiger partial charge in [-0.05, 0) is 24.3 Å². The number of tetrazole rings is 1. The van der Waals surface area contributed by atoms with Gasteiger partial charge in [0.1, 0.15) is 0 Å². The molecule has 0 fully saturated rings. The van der Waals surface area contributed by atoms with Gasteiger partial charge in [-0.3, -0.25) is 0 Å². The lowest BCUT2D eigenvalue weighted by molar-refractivity contribution is 0.664. The van der Waals surface area contributed by atoms with Crippen LogP contribution in [-0.4, -0.2) is 20.2 Å². The molecule has 60 valence electrons. The van der Waals surface area contributed by atoms with E-state index < -0.39 is 0 Å². The second kappa shape index (κ2) is 3.14. The molecule has 0 bridgehead atoms. The molecule has 5 nitrogen and oxygen atoms in total. The molecule has 0 saturated heterocycles. The van der Waals surface area contributed by atoms with E-state index in [0.717, 1.165) is 0 Å². The highest BCUT2D eigenvalue weighted by Gasteiger charge is 1.96. The molecule has 0 aliphatic carbocycles. The Balaban J connectivity index is 2.65. The lowest BCUT2D eigenvalue weighted by Gasteiger charge is -1.94. The number of hydrogen-bond donors (Lipinski definition) is 1. The molecule has 0 radical (unpaired) electrons. The van der Waals surface area contributed by atoms with Crippen molar-refractivity contribution in [3.8, 4) is 0 Å². The van der Waals surface area contributed by atoms with Crippen molar-refractivity contribution in [2.24, 2.45) is 0 Å². The van der Waals surface area contributed by atoms with E-state index in [9.17, 15) is 0 Å². The van der Waals surface area contributed by atoms with E-state index in [1.165, 1.54) is 10.3 Å². The molecule has 5 heteroatoms. The lowest BCUT2D eigenvalue weighted by atomic mass is 10.3. The fourth-order valence-electron chi connectivity index (χ4n) is 0.611. The average Bonchev–Trinajstić information content (AvgIpc) is 2.31. The van der Waals surface area contributed by atoms with Crippen LogP contribution < -0.4 is 5.73 Å². The molecule has 0 aliphatic rings. The molecular formula is C6H11N5. The molecule has 0 atom stereocenters. The summed E-state index contributed by atoms with van der Waals surface area (Å²) in [6.45, 7) is 4.67. The van der Waals surface area contributed by atoms with Gasteiger partial charge in [0.05, 0.1) is 6.54 Å². The largest absolute Gasteiger partial charge is 0.367 e. The zero-order valence-corrected chi connectivity index (χ0v) is 6.65. The molecule has 2 N–H and O–H groups in total. The van der Waals surface area contributed by atoms with Crippen molar-refractivity contribution in [3.05, 3.63) is 11.6 Å². The Morgan fingerprint density at radius 3 is 2.82 bits per heavy atom. The van der Waals surface area contributed by atoms with Crippen LogP contribution in [0.2, 0.25) is 0 Å². The lowest BCUT2D eigenvalue weighted by Crippen LogP contribution is -2.03. The molecule has 0 spiro atoms. The second-order valence-electron chi connectivity index (χ2n) is 2.50. The smallest absolute Gasteiger partial charge is 0.240 e. The fraction of sp³-hybridized carbons (Fsp3) is 0.500. The van der Waals surface area contributed by atoms with E-state index in [1.54, 1.807) is 0 Å². The van der Waals surface area contributed by atoms with E-state index in [2.05, 4.69) is 15.5 Å². The first kappa shape index (κ1) is 7.71. The third-order valence-corrected chi connectivity index (χ3v) is 1.23. The molecule has 11 heavy (non-hydrogen) atoms. The minimum atomic E-state index is 0.350. The molecule has 0 aromatic carbocycles. The summed E-state index contributed by atoms with van der Waals surface area (Å²) < 4.78 is 1.53. The number of rotatable bonds is 2. The van der Waals surface area contributed by atoms with Crippen LogP contribution >= 0.6 is 0 Å². The highest BCUT2D eigenvalue weighted by molar-refractivity contribution is 5.11. The summed E-state index contributed by atoms with van der Waals surface area (Å²) in [6, 6.07) is 0. The van der Waals surface area contributed by atoms with Crippen molar-refractivity contribution in [2.45, 2.75) is 20.4 Å². The average molecular weight is 153 g/mol. The third kappa shape index (κ3) is 2.03. The maximum absolute atomic E-state index is 5.42. The number of nitrogen functional groups attached to an aromatic ring is 1. The summed E-state index contributed by atoms with van der Waals surface area (Å²) in [6.07, 6.45) is 2.01. The van der Waals surface area contributed by atoms with Crippen LogP contribution in [0.1, 0.15) is 13.8 Å². The first-order valence-electron chi connectivity index (χ1n) is 3.35. The Kier molecular flexibility index (Phi) is 2.20. The van der Waals surface area contributed by atoms with Crippen molar-refractivity contribution in [1.29, 1.82) is 0 Å². The monoisotopic (exact) mass is 153 g/mol. The summed E-state index contributed by atoms with van der Waals surface area (Å²) >= 11 is 0. The van der Waals surface area contributed by atoms with Gasteiger partial charge >= 0.3 is 0 Å². The Morgan fingerprint density at radius 2 is 2.36 bits per heavy atom. The SMILES string of the molecule is CC(C)=CCn1nnnc1N. The van der Waals surface area contributed by atoms with E-state index in [4.69, 9.17) is 5.73 Å².